The molecule has 0 amide bonds. The molecule has 0 bridgehead atoms. The van der Waals surface area contributed by atoms with Gasteiger partial charge in [0.2, 0.25) is 0 Å². The molecule has 14 unspecified atom stereocenters. The van der Waals surface area contributed by atoms with Crippen molar-refractivity contribution in [3.05, 3.63) is 11.6 Å². The molecule has 4 N–H and O–H groups in total. The predicted molar refractivity (Wildman–Crippen MR) is 166 cm³/mol. The second-order valence-corrected chi connectivity index (χ2v) is 16.0. The van der Waals surface area contributed by atoms with E-state index in [1.807, 2.05) is 0 Å². The lowest BCUT2D eigenvalue weighted by atomic mass is 9.47. The van der Waals surface area contributed by atoms with Crippen molar-refractivity contribution in [3.63, 3.8) is 0 Å². The molecule has 5 aliphatic rings. The third kappa shape index (κ3) is 5.91. The van der Waals surface area contributed by atoms with E-state index in [2.05, 4.69) is 47.6 Å². The van der Waals surface area contributed by atoms with Gasteiger partial charge in [0, 0.05) is 0 Å². The van der Waals surface area contributed by atoms with Gasteiger partial charge in [0.25, 0.3) is 0 Å². The molecule has 242 valence electrons. The van der Waals surface area contributed by atoms with Crippen LogP contribution in [-0.4, -0.2) is 70.3 Å². The molecule has 1 heterocycles. The van der Waals surface area contributed by atoms with Crippen LogP contribution in [0.25, 0.3) is 0 Å². The minimum Gasteiger partial charge on any atom is -0.394 e. The van der Waals surface area contributed by atoms with Crippen molar-refractivity contribution >= 4 is 0 Å². The van der Waals surface area contributed by atoms with Crippen LogP contribution in [0.1, 0.15) is 112 Å². The molecule has 0 aromatic heterocycles. The molecule has 6 nitrogen and oxygen atoms in total. The number of allylic oxidation sites excluding steroid dienone is 1. The van der Waals surface area contributed by atoms with Gasteiger partial charge in [0.1, 0.15) is 30.5 Å². The van der Waals surface area contributed by atoms with Crippen molar-refractivity contribution in [1.29, 1.82) is 0 Å². The summed E-state index contributed by atoms with van der Waals surface area (Å²) in [6.07, 6.45) is 11.0. The second-order valence-electron chi connectivity index (χ2n) is 16.0. The fourth-order valence-electron chi connectivity index (χ4n) is 11.0. The molecule has 5 rings (SSSR count). The van der Waals surface area contributed by atoms with Crippen LogP contribution in [0.15, 0.2) is 11.6 Å². The first-order valence-corrected chi connectivity index (χ1v) is 17.6. The number of ether oxygens (including phenoxy) is 2. The van der Waals surface area contributed by atoms with Crippen LogP contribution in [-0.2, 0) is 9.47 Å². The molecule has 0 aromatic rings. The Morgan fingerprint density at radius 3 is 2.36 bits per heavy atom. The summed E-state index contributed by atoms with van der Waals surface area (Å²) in [4.78, 5) is 0. The first-order valence-electron chi connectivity index (χ1n) is 17.6. The Bertz CT molecular complexity index is 934. The van der Waals surface area contributed by atoms with E-state index in [1.165, 1.54) is 51.4 Å². The Kier molecular flexibility index (Phi) is 10.2. The maximum absolute atomic E-state index is 10.4. The largest absolute Gasteiger partial charge is 0.394 e. The Labute approximate surface area is 255 Å². The number of fused-ring (bicyclic) bond motifs is 5. The highest BCUT2D eigenvalue weighted by Crippen LogP contribution is 2.67. The highest BCUT2D eigenvalue weighted by atomic mass is 16.6. The molecule has 1 aliphatic heterocycles. The standard InChI is InChI=1S/C36H62O6/c1-7-23(21(2)3)9-8-22(4)27-12-13-28-26-11-10-24-18-25(14-16-35(24,5)29(26)15-17-36(27,28)6)41-20-31-33(39)34(40)32(38)30(19-37)42-31/h10,21-23,25-34,37-40H,7-9,11-20H2,1-6H3. The Balaban J connectivity index is 1.20. The molecule has 4 aliphatic carbocycles. The zero-order chi connectivity index (χ0) is 30.4. The van der Waals surface area contributed by atoms with E-state index in [1.54, 1.807) is 5.57 Å². The van der Waals surface area contributed by atoms with Gasteiger partial charge >= 0.3 is 0 Å². The number of rotatable bonds is 10. The van der Waals surface area contributed by atoms with Crippen LogP contribution in [0.2, 0.25) is 0 Å². The molecular weight excluding hydrogens is 528 g/mol. The minimum atomic E-state index is -1.35. The Morgan fingerprint density at radius 1 is 0.929 bits per heavy atom. The van der Waals surface area contributed by atoms with Crippen LogP contribution in [0.4, 0.5) is 0 Å². The van der Waals surface area contributed by atoms with Crippen molar-refractivity contribution in [2.45, 2.75) is 149 Å². The van der Waals surface area contributed by atoms with Gasteiger partial charge in [-0.05, 0) is 110 Å². The highest BCUT2D eigenvalue weighted by molar-refractivity contribution is 5.25. The summed E-state index contributed by atoms with van der Waals surface area (Å²) in [7, 11) is 0. The monoisotopic (exact) mass is 590 g/mol. The average molecular weight is 591 g/mol. The molecule has 0 aromatic carbocycles. The minimum absolute atomic E-state index is 0.0663. The van der Waals surface area contributed by atoms with Crippen molar-refractivity contribution < 1.29 is 29.9 Å². The fourth-order valence-corrected chi connectivity index (χ4v) is 11.0. The lowest BCUT2D eigenvalue weighted by molar-refractivity contribution is -0.242. The highest BCUT2D eigenvalue weighted by Gasteiger charge is 2.59. The summed E-state index contributed by atoms with van der Waals surface area (Å²) in [6.45, 7) is 14.7. The summed E-state index contributed by atoms with van der Waals surface area (Å²) in [5, 5.41) is 40.2. The van der Waals surface area contributed by atoms with E-state index < -0.39 is 37.1 Å². The summed E-state index contributed by atoms with van der Waals surface area (Å²) >= 11 is 0. The van der Waals surface area contributed by atoms with Gasteiger partial charge in [-0.25, -0.2) is 0 Å². The molecule has 42 heavy (non-hydrogen) atoms. The molecule has 4 fully saturated rings. The molecule has 0 radical (unpaired) electrons. The van der Waals surface area contributed by atoms with Crippen molar-refractivity contribution in [1.82, 2.24) is 0 Å². The van der Waals surface area contributed by atoms with E-state index in [0.29, 0.717) is 5.41 Å². The molecule has 3 saturated carbocycles. The van der Waals surface area contributed by atoms with Gasteiger partial charge < -0.3 is 29.9 Å². The molecular formula is C36H62O6. The van der Waals surface area contributed by atoms with Gasteiger partial charge in [-0.2, -0.15) is 0 Å². The van der Waals surface area contributed by atoms with Crippen LogP contribution >= 0.6 is 0 Å². The average Bonchev–Trinajstić information content (AvgIpc) is 3.33. The topological polar surface area (TPSA) is 99.4 Å². The van der Waals surface area contributed by atoms with Crippen LogP contribution < -0.4 is 0 Å². The summed E-state index contributed by atoms with van der Waals surface area (Å²) < 4.78 is 12.0. The van der Waals surface area contributed by atoms with E-state index in [4.69, 9.17) is 9.47 Å². The Morgan fingerprint density at radius 2 is 1.67 bits per heavy atom. The zero-order valence-corrected chi connectivity index (χ0v) is 27.4. The fraction of sp³-hybridized carbons (Fsp3) is 0.944. The SMILES string of the molecule is CCC(CCC(C)C1CCC2C3CC=C4CC(OCC5OC(CO)C(O)C(O)C5O)CCC4(C)C3CCC12C)C(C)C. The van der Waals surface area contributed by atoms with Gasteiger partial charge in [-0.3, -0.25) is 0 Å². The third-order valence-electron chi connectivity index (χ3n) is 13.8. The van der Waals surface area contributed by atoms with Gasteiger partial charge in [-0.1, -0.05) is 66.0 Å². The smallest absolute Gasteiger partial charge is 0.111 e. The van der Waals surface area contributed by atoms with Gasteiger partial charge in [0.05, 0.1) is 19.3 Å². The molecule has 6 heteroatoms. The second kappa shape index (κ2) is 13.1. The normalized spacial score (nSPS) is 46.9. The van der Waals surface area contributed by atoms with E-state index in [-0.39, 0.29) is 18.1 Å². The molecule has 1 saturated heterocycles. The van der Waals surface area contributed by atoms with Gasteiger partial charge in [-0.15, -0.1) is 0 Å². The first kappa shape index (κ1) is 32.9. The summed E-state index contributed by atoms with van der Waals surface area (Å²) in [5.41, 5.74) is 2.32. The Hall–Kier alpha value is -0.500. The number of hydrogen-bond acceptors (Lipinski definition) is 6. The molecule has 14 atom stereocenters. The maximum Gasteiger partial charge on any atom is 0.111 e. The van der Waals surface area contributed by atoms with Crippen molar-refractivity contribution in [2.75, 3.05) is 13.2 Å². The summed E-state index contributed by atoms with van der Waals surface area (Å²) in [5.74, 6) is 5.78. The predicted octanol–water partition coefficient (Wildman–Crippen LogP) is 5.89. The van der Waals surface area contributed by atoms with Crippen LogP contribution in [0, 0.1) is 52.3 Å². The number of aliphatic hydroxyl groups excluding tert-OH is 4. The van der Waals surface area contributed by atoms with Gasteiger partial charge in [0.15, 0.2) is 0 Å². The van der Waals surface area contributed by atoms with Crippen LogP contribution in [0.3, 0.4) is 0 Å². The first-order chi connectivity index (χ1) is 19.9. The van der Waals surface area contributed by atoms with Crippen LogP contribution in [0.5, 0.6) is 0 Å². The third-order valence-corrected chi connectivity index (χ3v) is 13.8. The number of aliphatic hydroxyl groups is 4. The number of hydrogen-bond donors (Lipinski definition) is 4. The maximum atomic E-state index is 10.4. The lowest BCUT2D eigenvalue weighted by Crippen LogP contribution is -2.59. The molecule has 0 spiro atoms. The van der Waals surface area contributed by atoms with E-state index in [9.17, 15) is 20.4 Å². The lowest BCUT2D eigenvalue weighted by Gasteiger charge is -2.58. The van der Waals surface area contributed by atoms with Crippen molar-refractivity contribution in [3.8, 4) is 0 Å². The zero-order valence-electron chi connectivity index (χ0n) is 27.4. The van der Waals surface area contributed by atoms with E-state index in [0.717, 1.165) is 60.7 Å². The quantitative estimate of drug-likeness (QED) is 0.237. The van der Waals surface area contributed by atoms with E-state index >= 15 is 0 Å². The summed E-state index contributed by atoms with van der Waals surface area (Å²) in [6, 6.07) is 0. The van der Waals surface area contributed by atoms with Crippen molar-refractivity contribution in [2.24, 2.45) is 52.3 Å².